The van der Waals surface area contributed by atoms with Crippen LogP contribution in [0.2, 0.25) is 0 Å². The fourth-order valence-corrected chi connectivity index (χ4v) is 4.03. The lowest BCUT2D eigenvalue weighted by molar-refractivity contribution is -0.399. The summed E-state index contributed by atoms with van der Waals surface area (Å²) in [6.45, 7) is 8.70. The third-order valence-corrected chi connectivity index (χ3v) is 5.05. The van der Waals surface area contributed by atoms with E-state index in [0.29, 0.717) is 5.82 Å². The van der Waals surface area contributed by atoms with Gasteiger partial charge in [0, 0.05) is 10.6 Å². The monoisotopic (exact) mass is 282 g/mol. The fourth-order valence-electron chi connectivity index (χ4n) is 1.77. The summed E-state index contributed by atoms with van der Waals surface area (Å²) in [5.41, 5.74) is 7.31. The predicted octanol–water partition coefficient (Wildman–Crippen LogP) is 3.45. The molecule has 3 N–H and O–H groups in total. The van der Waals surface area contributed by atoms with Gasteiger partial charge in [-0.3, -0.25) is 0 Å². The first kappa shape index (κ1) is 13.6. The minimum atomic E-state index is 0.651. The Morgan fingerprint density at radius 2 is 2.11 bits per heavy atom. The number of nitrogens with zero attached hydrogens (tertiary/aromatic N) is 1. The molecule has 0 radical (unpaired) electrons. The highest BCUT2D eigenvalue weighted by atomic mass is 32.2. The number of fused-ring (bicyclic) bond motifs is 1. The molecule has 0 amide bonds. The zero-order valence-corrected chi connectivity index (χ0v) is 13.0. The zero-order valence-electron chi connectivity index (χ0n) is 11.3. The number of aromatic nitrogens is 2. The summed E-state index contributed by atoms with van der Waals surface area (Å²) in [7, 11) is 0. The Morgan fingerprint density at radius 3 is 2.78 bits per heavy atom. The highest BCUT2D eigenvalue weighted by molar-refractivity contribution is 7.99. The number of anilines is 1. The predicted molar refractivity (Wildman–Crippen MR) is 80.2 cm³/mol. The number of thioether (sulfide) groups is 1. The van der Waals surface area contributed by atoms with Gasteiger partial charge in [-0.15, -0.1) is 0 Å². The van der Waals surface area contributed by atoms with E-state index in [0.717, 1.165) is 27.0 Å². The largest absolute Gasteiger partial charge is 0.362 e. The van der Waals surface area contributed by atoms with Gasteiger partial charge < -0.3 is 5.73 Å². The molecule has 2 aromatic rings. The first-order chi connectivity index (χ1) is 8.49. The number of hydrogen-bond donors (Lipinski definition) is 1. The Balaban J connectivity index is 2.26. The molecule has 0 aliphatic carbocycles. The molecule has 0 saturated heterocycles. The second-order valence-corrected chi connectivity index (χ2v) is 7.25. The number of nitrogens with two attached hydrogens (primary N) is 1. The molecule has 0 fully saturated rings. The van der Waals surface area contributed by atoms with Gasteiger partial charge in [0.05, 0.1) is 0 Å². The summed E-state index contributed by atoms with van der Waals surface area (Å²) >= 11 is 3.51. The van der Waals surface area contributed by atoms with Gasteiger partial charge in [0.1, 0.15) is 5.39 Å². The van der Waals surface area contributed by atoms with E-state index in [1.165, 1.54) is 16.9 Å². The minimum Gasteiger partial charge on any atom is -0.362 e. The normalized spacial score (nSPS) is 11.6. The maximum absolute atomic E-state index is 6.06. The van der Waals surface area contributed by atoms with Crippen LogP contribution in [0.25, 0.3) is 10.2 Å². The quantitative estimate of drug-likeness (QED) is 0.690. The molecule has 0 saturated carbocycles. The van der Waals surface area contributed by atoms with E-state index >= 15 is 0 Å². The van der Waals surface area contributed by atoms with Gasteiger partial charge in [-0.1, -0.05) is 25.2 Å². The van der Waals surface area contributed by atoms with Gasteiger partial charge in [0.25, 0.3) is 5.82 Å². The van der Waals surface area contributed by atoms with Crippen molar-refractivity contribution in [3.05, 3.63) is 10.4 Å². The van der Waals surface area contributed by atoms with Crippen molar-refractivity contribution in [2.24, 2.45) is 5.92 Å². The minimum absolute atomic E-state index is 0.651. The third-order valence-electron chi connectivity index (χ3n) is 3.02. The number of nitrogens with one attached hydrogen (secondary N) is 1. The molecular formula is C13H20N3S2+. The number of H-pyrrole nitrogens is 1. The summed E-state index contributed by atoms with van der Waals surface area (Å²) in [6, 6.07) is 0. The molecule has 0 bridgehead atoms. The molecular weight excluding hydrogens is 262 g/mol. The van der Waals surface area contributed by atoms with E-state index in [1.807, 2.05) is 0 Å². The molecule has 2 rings (SSSR count). The summed E-state index contributed by atoms with van der Waals surface area (Å²) in [6.07, 6.45) is 1.20. The van der Waals surface area contributed by atoms with Crippen LogP contribution in [0, 0.1) is 19.8 Å². The molecule has 98 valence electrons. The van der Waals surface area contributed by atoms with E-state index in [-0.39, 0.29) is 0 Å². The van der Waals surface area contributed by atoms with Gasteiger partial charge in [0.15, 0.2) is 4.83 Å². The van der Waals surface area contributed by atoms with E-state index in [9.17, 15) is 0 Å². The summed E-state index contributed by atoms with van der Waals surface area (Å²) in [4.78, 5) is 10.3. The first-order valence-electron chi connectivity index (χ1n) is 6.20. The Kier molecular flexibility index (Phi) is 4.12. The summed E-state index contributed by atoms with van der Waals surface area (Å²) < 4.78 is 0. The molecule has 2 heterocycles. The van der Waals surface area contributed by atoms with Crippen molar-refractivity contribution in [1.29, 1.82) is 0 Å². The van der Waals surface area contributed by atoms with Crippen LogP contribution >= 0.6 is 23.1 Å². The fraction of sp³-hybridized carbons (Fsp3) is 0.538. The van der Waals surface area contributed by atoms with Crippen molar-refractivity contribution in [2.75, 3.05) is 11.5 Å². The van der Waals surface area contributed by atoms with Crippen molar-refractivity contribution in [1.82, 2.24) is 4.98 Å². The molecule has 5 heteroatoms. The maximum atomic E-state index is 6.06. The van der Waals surface area contributed by atoms with Crippen molar-refractivity contribution in [3.63, 3.8) is 0 Å². The number of thiophene rings is 1. The summed E-state index contributed by atoms with van der Waals surface area (Å²) in [5.74, 6) is 2.46. The Hall–Kier alpha value is -0.810. The van der Waals surface area contributed by atoms with Crippen LogP contribution in [-0.2, 0) is 0 Å². The lowest BCUT2D eigenvalue weighted by Gasteiger charge is -2.00. The molecule has 2 aromatic heterocycles. The van der Waals surface area contributed by atoms with E-state index in [1.54, 1.807) is 23.1 Å². The van der Waals surface area contributed by atoms with Crippen LogP contribution < -0.4 is 10.7 Å². The van der Waals surface area contributed by atoms with Crippen LogP contribution in [0.4, 0.5) is 5.82 Å². The maximum Gasteiger partial charge on any atom is 0.360 e. The van der Waals surface area contributed by atoms with Crippen LogP contribution in [0.5, 0.6) is 0 Å². The average molecular weight is 282 g/mol. The Labute approximate surface area is 116 Å². The van der Waals surface area contributed by atoms with Gasteiger partial charge in [0.2, 0.25) is 0 Å². The van der Waals surface area contributed by atoms with Crippen LogP contribution in [0.1, 0.15) is 30.7 Å². The molecule has 0 unspecified atom stereocenters. The number of aryl methyl sites for hydroxylation is 2. The molecule has 0 aliphatic heterocycles. The highest BCUT2D eigenvalue weighted by Crippen LogP contribution is 2.31. The van der Waals surface area contributed by atoms with E-state index in [4.69, 9.17) is 5.73 Å². The van der Waals surface area contributed by atoms with Crippen molar-refractivity contribution in [3.8, 4) is 0 Å². The third kappa shape index (κ3) is 2.78. The number of hydrogen-bond acceptors (Lipinski definition) is 4. The van der Waals surface area contributed by atoms with E-state index in [2.05, 4.69) is 37.7 Å². The van der Waals surface area contributed by atoms with Gasteiger partial charge in [-0.05, 0) is 48.5 Å². The van der Waals surface area contributed by atoms with Crippen molar-refractivity contribution >= 4 is 39.1 Å². The zero-order chi connectivity index (χ0) is 13.3. The molecule has 18 heavy (non-hydrogen) atoms. The smallest absolute Gasteiger partial charge is 0.360 e. The molecule has 0 spiro atoms. The van der Waals surface area contributed by atoms with E-state index < -0.39 is 0 Å². The average Bonchev–Trinajstić information content (AvgIpc) is 2.54. The summed E-state index contributed by atoms with van der Waals surface area (Å²) in [5, 5.41) is 2.02. The Bertz CT molecular complexity index is 561. The SMILES string of the molecule is Cc1sc2[nH+]c(SCCC(C)C)nc(N)c2c1C. The highest BCUT2D eigenvalue weighted by Gasteiger charge is 2.18. The molecule has 0 atom stereocenters. The van der Waals surface area contributed by atoms with Crippen LogP contribution in [0.3, 0.4) is 0 Å². The van der Waals surface area contributed by atoms with Gasteiger partial charge in [-0.25, -0.2) is 4.98 Å². The van der Waals surface area contributed by atoms with Crippen molar-refractivity contribution in [2.45, 2.75) is 39.3 Å². The molecule has 0 aromatic carbocycles. The second kappa shape index (κ2) is 5.45. The van der Waals surface area contributed by atoms with Gasteiger partial charge >= 0.3 is 5.16 Å². The second-order valence-electron chi connectivity index (χ2n) is 4.95. The standard InChI is InChI=1S/C13H19N3S2/c1-7(2)5-6-17-13-15-11(14)10-8(3)9(4)18-12(10)16-13/h7H,5-6H2,1-4H3,(H2,14,15,16)/p+1. The molecule has 3 nitrogen and oxygen atoms in total. The number of rotatable bonds is 4. The van der Waals surface area contributed by atoms with Crippen molar-refractivity contribution < 1.29 is 4.98 Å². The lowest BCUT2D eigenvalue weighted by Crippen LogP contribution is -2.11. The lowest BCUT2D eigenvalue weighted by atomic mass is 10.2. The topological polar surface area (TPSA) is 53.0 Å². The van der Waals surface area contributed by atoms with Crippen LogP contribution in [0.15, 0.2) is 5.16 Å². The Morgan fingerprint density at radius 1 is 1.39 bits per heavy atom. The van der Waals surface area contributed by atoms with Crippen LogP contribution in [-0.4, -0.2) is 10.7 Å². The molecule has 0 aliphatic rings. The first-order valence-corrected chi connectivity index (χ1v) is 8.00. The number of aromatic amines is 1. The van der Waals surface area contributed by atoms with Gasteiger partial charge in [-0.2, -0.15) is 0 Å². The number of nitrogen functional groups attached to an aromatic ring is 1.